The molecule has 3 aromatic rings. The van der Waals surface area contributed by atoms with Crippen LogP contribution < -0.4 is 10.7 Å². The van der Waals surface area contributed by atoms with Crippen LogP contribution in [-0.4, -0.2) is 23.0 Å². The monoisotopic (exact) mass is 406 g/mol. The van der Waals surface area contributed by atoms with E-state index < -0.39 is 22.6 Å². The van der Waals surface area contributed by atoms with Crippen molar-refractivity contribution < 1.29 is 18.9 Å². The number of halogens is 1. The summed E-state index contributed by atoms with van der Waals surface area (Å²) < 4.78 is 13.8. The Morgan fingerprint density at radius 1 is 0.933 bits per heavy atom. The molecule has 0 fully saturated rings. The maximum atomic E-state index is 13.8. The summed E-state index contributed by atoms with van der Waals surface area (Å²) in [6.45, 7) is 0. The molecule has 3 aromatic carbocycles. The first-order chi connectivity index (χ1) is 14.5. The Labute approximate surface area is 170 Å². The average Bonchev–Trinajstić information content (AvgIpc) is 2.74. The summed E-state index contributed by atoms with van der Waals surface area (Å²) in [6.07, 6.45) is 1.26. The molecule has 0 bridgehead atoms. The molecule has 3 rings (SSSR count). The first kappa shape index (κ1) is 20.3. The fourth-order valence-electron chi connectivity index (χ4n) is 2.57. The van der Waals surface area contributed by atoms with Gasteiger partial charge in [-0.15, -0.1) is 0 Å². The van der Waals surface area contributed by atoms with Crippen molar-refractivity contribution in [3.8, 4) is 0 Å². The summed E-state index contributed by atoms with van der Waals surface area (Å²) in [5, 5.41) is 17.1. The topological polar surface area (TPSA) is 114 Å². The van der Waals surface area contributed by atoms with Gasteiger partial charge < -0.3 is 5.32 Å². The number of nitrogens with zero attached hydrogens (tertiary/aromatic N) is 2. The number of carbonyl (C=O) groups excluding carboxylic acids is 2. The zero-order valence-electron chi connectivity index (χ0n) is 15.4. The van der Waals surface area contributed by atoms with Crippen LogP contribution in [-0.2, 0) is 0 Å². The second kappa shape index (κ2) is 9.20. The number of nitro groups is 1. The van der Waals surface area contributed by atoms with Gasteiger partial charge in [0.15, 0.2) is 0 Å². The van der Waals surface area contributed by atoms with Crippen LogP contribution in [0.1, 0.15) is 26.3 Å². The molecule has 0 spiro atoms. The minimum atomic E-state index is -0.701. The predicted molar refractivity (Wildman–Crippen MR) is 109 cm³/mol. The lowest BCUT2D eigenvalue weighted by molar-refractivity contribution is -0.384. The zero-order chi connectivity index (χ0) is 21.5. The largest absolute Gasteiger partial charge is 0.321 e. The maximum Gasteiger partial charge on any atom is 0.273 e. The van der Waals surface area contributed by atoms with Gasteiger partial charge >= 0.3 is 0 Å². The number of non-ortho nitro benzene ring substituents is 1. The van der Waals surface area contributed by atoms with Crippen LogP contribution in [0.25, 0.3) is 0 Å². The van der Waals surface area contributed by atoms with Crippen molar-refractivity contribution in [2.45, 2.75) is 0 Å². The predicted octanol–water partition coefficient (Wildman–Crippen LogP) is 3.75. The number of hydrazone groups is 1. The van der Waals surface area contributed by atoms with Gasteiger partial charge in [0.2, 0.25) is 0 Å². The second-order valence-corrected chi connectivity index (χ2v) is 6.03. The van der Waals surface area contributed by atoms with Crippen molar-refractivity contribution in [3.05, 3.63) is 105 Å². The lowest BCUT2D eigenvalue weighted by Gasteiger charge is -2.10. The summed E-state index contributed by atoms with van der Waals surface area (Å²) in [7, 11) is 0. The molecule has 0 aliphatic heterocycles. The van der Waals surface area contributed by atoms with Crippen LogP contribution in [0.2, 0.25) is 0 Å². The normalized spacial score (nSPS) is 10.6. The smallest absolute Gasteiger partial charge is 0.273 e. The lowest BCUT2D eigenvalue weighted by Crippen LogP contribution is -2.21. The molecule has 0 aromatic heterocycles. The van der Waals surface area contributed by atoms with E-state index in [9.17, 15) is 24.1 Å². The minimum Gasteiger partial charge on any atom is -0.321 e. The molecule has 30 heavy (non-hydrogen) atoms. The van der Waals surface area contributed by atoms with Gasteiger partial charge in [0.05, 0.1) is 28.0 Å². The molecule has 0 saturated carbocycles. The number of carbonyl (C=O) groups is 2. The lowest BCUT2D eigenvalue weighted by atomic mass is 10.1. The van der Waals surface area contributed by atoms with Gasteiger partial charge in [-0.1, -0.05) is 36.4 Å². The molecular weight excluding hydrogens is 391 g/mol. The van der Waals surface area contributed by atoms with Gasteiger partial charge in [0.1, 0.15) is 5.82 Å². The number of nitro benzene ring substituents is 1. The second-order valence-electron chi connectivity index (χ2n) is 6.03. The van der Waals surface area contributed by atoms with Crippen LogP contribution in [0.3, 0.4) is 0 Å². The van der Waals surface area contributed by atoms with Crippen LogP contribution in [0.5, 0.6) is 0 Å². The number of nitrogens with one attached hydrogen (secondary N) is 2. The SMILES string of the molecule is O=C(Nc1ccccc1C(=O)N/N=C/c1cccc([N+](=O)[O-])c1)c1ccccc1F. The van der Waals surface area contributed by atoms with Gasteiger partial charge in [-0.2, -0.15) is 5.10 Å². The van der Waals surface area contributed by atoms with E-state index in [0.717, 1.165) is 6.07 Å². The Balaban J connectivity index is 1.73. The molecule has 8 nitrogen and oxygen atoms in total. The Bertz CT molecular complexity index is 1150. The van der Waals surface area contributed by atoms with Crippen molar-refractivity contribution in [2.75, 3.05) is 5.32 Å². The highest BCUT2D eigenvalue weighted by atomic mass is 19.1. The van der Waals surface area contributed by atoms with Gasteiger partial charge in [0, 0.05) is 17.7 Å². The van der Waals surface area contributed by atoms with Crippen molar-refractivity contribution in [1.29, 1.82) is 0 Å². The molecule has 0 heterocycles. The molecule has 2 amide bonds. The summed E-state index contributed by atoms with van der Waals surface area (Å²) in [5.41, 5.74) is 2.74. The fourth-order valence-corrected chi connectivity index (χ4v) is 2.57. The number of amides is 2. The van der Waals surface area contributed by atoms with E-state index in [1.807, 2.05) is 0 Å². The number of rotatable bonds is 6. The van der Waals surface area contributed by atoms with Crippen LogP contribution in [0.4, 0.5) is 15.8 Å². The third-order valence-electron chi connectivity index (χ3n) is 4.00. The summed E-state index contributed by atoms with van der Waals surface area (Å²) >= 11 is 0. The molecule has 0 atom stereocenters. The van der Waals surface area contributed by atoms with Crippen molar-refractivity contribution >= 4 is 29.4 Å². The van der Waals surface area contributed by atoms with E-state index in [0.29, 0.717) is 5.56 Å². The molecule has 0 unspecified atom stereocenters. The molecule has 9 heteroatoms. The van der Waals surface area contributed by atoms with Gasteiger partial charge in [-0.05, 0) is 24.3 Å². The number of benzene rings is 3. The Kier molecular flexibility index (Phi) is 6.23. The third kappa shape index (κ3) is 4.90. The number of anilines is 1. The van der Waals surface area contributed by atoms with E-state index in [1.54, 1.807) is 18.2 Å². The van der Waals surface area contributed by atoms with Crippen molar-refractivity contribution in [1.82, 2.24) is 5.43 Å². The molecular formula is C21H15FN4O4. The summed E-state index contributed by atoms with van der Waals surface area (Å²) in [6, 6.07) is 17.4. The van der Waals surface area contributed by atoms with E-state index >= 15 is 0 Å². The Morgan fingerprint density at radius 3 is 2.37 bits per heavy atom. The highest BCUT2D eigenvalue weighted by Gasteiger charge is 2.16. The van der Waals surface area contributed by atoms with E-state index in [1.165, 1.54) is 54.7 Å². The number of hydrogen-bond acceptors (Lipinski definition) is 5. The fraction of sp³-hybridized carbons (Fsp3) is 0. The summed E-state index contributed by atoms with van der Waals surface area (Å²) in [4.78, 5) is 35.1. The molecule has 0 saturated heterocycles. The van der Waals surface area contributed by atoms with Crippen molar-refractivity contribution in [3.63, 3.8) is 0 Å². The standard InChI is InChI=1S/C21H15FN4O4/c22-18-10-3-1-8-16(18)20(27)24-19-11-4-2-9-17(19)21(28)25-23-13-14-6-5-7-15(12-14)26(29)30/h1-13H,(H,24,27)(H,25,28)/b23-13+. The average molecular weight is 406 g/mol. The van der Waals surface area contributed by atoms with Gasteiger partial charge in [0.25, 0.3) is 17.5 Å². The number of hydrogen-bond donors (Lipinski definition) is 2. The van der Waals surface area contributed by atoms with Crippen LogP contribution in [0, 0.1) is 15.9 Å². The first-order valence-electron chi connectivity index (χ1n) is 8.68. The Hall–Kier alpha value is -4.40. The van der Waals surface area contributed by atoms with E-state index in [2.05, 4.69) is 15.8 Å². The van der Waals surface area contributed by atoms with Crippen molar-refractivity contribution in [2.24, 2.45) is 5.10 Å². The maximum absolute atomic E-state index is 13.8. The highest BCUT2D eigenvalue weighted by Crippen LogP contribution is 2.17. The molecule has 0 aliphatic rings. The van der Waals surface area contributed by atoms with Crippen LogP contribution >= 0.6 is 0 Å². The molecule has 2 N–H and O–H groups in total. The summed E-state index contributed by atoms with van der Waals surface area (Å²) in [5.74, 6) is -2.01. The zero-order valence-corrected chi connectivity index (χ0v) is 15.4. The van der Waals surface area contributed by atoms with Crippen LogP contribution in [0.15, 0.2) is 77.9 Å². The van der Waals surface area contributed by atoms with E-state index in [4.69, 9.17) is 0 Å². The quantitative estimate of drug-likeness (QED) is 0.369. The van der Waals surface area contributed by atoms with Gasteiger partial charge in [-0.3, -0.25) is 19.7 Å². The highest BCUT2D eigenvalue weighted by molar-refractivity contribution is 6.09. The Morgan fingerprint density at radius 2 is 1.63 bits per heavy atom. The third-order valence-corrected chi connectivity index (χ3v) is 4.00. The number of para-hydroxylation sites is 1. The molecule has 0 radical (unpaired) electrons. The molecule has 150 valence electrons. The van der Waals surface area contributed by atoms with Gasteiger partial charge in [-0.25, -0.2) is 9.82 Å². The molecule has 0 aliphatic carbocycles. The van der Waals surface area contributed by atoms with E-state index in [-0.39, 0.29) is 22.5 Å². The first-order valence-corrected chi connectivity index (χ1v) is 8.68. The minimum absolute atomic E-state index is 0.105.